The molecule has 44 heavy (non-hydrogen) atoms. The molecule has 226 valence electrons. The Labute approximate surface area is 286 Å². The number of hydrogen-bond donors (Lipinski definition) is 1. The summed E-state index contributed by atoms with van der Waals surface area (Å²) in [6.07, 6.45) is -0.834. The second-order valence-electron chi connectivity index (χ2n) is 10.6. The van der Waals surface area contributed by atoms with Crippen molar-refractivity contribution in [1.82, 2.24) is 29.7 Å². The average molecular weight is 701 g/mol. The zero-order valence-electron chi connectivity index (χ0n) is 26.6. The zero-order valence-corrected chi connectivity index (χ0v) is 32.5. The van der Waals surface area contributed by atoms with Crippen LogP contribution < -0.4 is 5.11 Å². The van der Waals surface area contributed by atoms with E-state index in [2.05, 4.69) is 29.7 Å². The third-order valence-corrected chi connectivity index (χ3v) is 6.25. The van der Waals surface area contributed by atoms with Gasteiger partial charge in [-0.1, -0.05) is 24.3 Å². The molecule has 0 aromatic carbocycles. The first-order valence-corrected chi connectivity index (χ1v) is 14.1. The smallest absolute Gasteiger partial charge is 0.300 e. The number of hydrogen-bond acceptors (Lipinski definition) is 8. The molecular weight excluding hydrogens is 659 g/mol. The summed E-state index contributed by atoms with van der Waals surface area (Å²) in [7, 11) is 0. The van der Waals surface area contributed by atoms with Crippen LogP contribution in [-0.4, -0.2) is 60.0 Å². The molecule has 0 amide bonds. The molecule has 4 aromatic rings. The monoisotopic (exact) mass is 697 g/mol. The molecule has 0 fully saturated rings. The van der Waals surface area contributed by atoms with Crippen molar-refractivity contribution in [2.75, 3.05) is 13.1 Å². The number of aryl methyl sites for hydroxylation is 4. The van der Waals surface area contributed by atoms with Gasteiger partial charge in [0.15, 0.2) is 0 Å². The Bertz CT molecular complexity index is 1240. The Morgan fingerprint density at radius 2 is 0.841 bits per heavy atom. The van der Waals surface area contributed by atoms with E-state index in [0.29, 0.717) is 39.3 Å². The summed E-state index contributed by atoms with van der Waals surface area (Å²) in [6.45, 7) is 12.2. The summed E-state index contributed by atoms with van der Waals surface area (Å²) < 4.78 is 0. The summed E-state index contributed by atoms with van der Waals surface area (Å²) in [4.78, 5) is 32.0. The SMILES string of the molecule is CC(=O)O.Cc1cccc(CN(Cc2cccc(C)n2)CC([O-])CN(Cc2cccc(C)n2)Cc2cccc(C)n2)n1.[Zn].[Zn]. The van der Waals surface area contributed by atoms with Crippen molar-refractivity contribution in [2.24, 2.45) is 0 Å². The topological polar surface area (TPSA) is 118 Å². The van der Waals surface area contributed by atoms with Gasteiger partial charge in [-0.05, 0) is 89.3 Å². The fourth-order valence-corrected chi connectivity index (χ4v) is 4.67. The Balaban J connectivity index is 0.00000152. The molecule has 4 rings (SSSR count). The van der Waals surface area contributed by atoms with Crippen LogP contribution in [0.1, 0.15) is 52.5 Å². The molecule has 4 aromatic heterocycles. The van der Waals surface area contributed by atoms with E-state index in [1.807, 2.05) is 100 Å². The quantitative estimate of drug-likeness (QED) is 0.219. The maximum absolute atomic E-state index is 13.6. The van der Waals surface area contributed by atoms with Gasteiger partial charge in [0.25, 0.3) is 5.97 Å². The molecule has 0 spiro atoms. The largest absolute Gasteiger partial charge is 0.850 e. The van der Waals surface area contributed by atoms with Crippen LogP contribution in [0.5, 0.6) is 0 Å². The van der Waals surface area contributed by atoms with Crippen molar-refractivity contribution >= 4 is 5.97 Å². The molecule has 0 atom stereocenters. The summed E-state index contributed by atoms with van der Waals surface area (Å²) in [5.41, 5.74) is 7.69. The molecule has 0 aliphatic heterocycles. The van der Waals surface area contributed by atoms with Crippen molar-refractivity contribution < 1.29 is 54.0 Å². The number of aliphatic carboxylic acids is 1. The van der Waals surface area contributed by atoms with E-state index in [0.717, 1.165) is 52.5 Å². The van der Waals surface area contributed by atoms with Gasteiger partial charge < -0.3 is 10.2 Å². The van der Waals surface area contributed by atoms with E-state index in [9.17, 15) is 5.11 Å². The standard InChI is InChI=1S/C31H37N6O.C2H4O2.2Zn/c1-23-9-5-13-27(32-23)17-36(18-28-14-6-10-24(2)33-28)21-31(38)22-37(19-29-15-7-11-25(3)34-29)20-30-16-8-12-26(4)35-30;1-2(3)4;;/h5-16,31H,17-22H2,1-4H3;1H3,(H,3,4);;/q-1;;;. The zero-order chi connectivity index (χ0) is 30.5. The van der Waals surface area contributed by atoms with Crippen LogP contribution in [0.25, 0.3) is 0 Å². The van der Waals surface area contributed by atoms with Crippen LogP contribution in [0.3, 0.4) is 0 Å². The van der Waals surface area contributed by atoms with Crippen molar-refractivity contribution in [3.8, 4) is 0 Å². The summed E-state index contributed by atoms with van der Waals surface area (Å²) in [6, 6.07) is 24.1. The molecule has 0 radical (unpaired) electrons. The van der Waals surface area contributed by atoms with Gasteiger partial charge in [0, 0.05) is 94.8 Å². The second kappa shape index (κ2) is 20.3. The van der Waals surface area contributed by atoms with E-state index >= 15 is 0 Å². The Morgan fingerprint density at radius 3 is 1.05 bits per heavy atom. The average Bonchev–Trinajstić information content (AvgIpc) is 2.88. The summed E-state index contributed by atoms with van der Waals surface area (Å²) in [5, 5.41) is 21.0. The number of carbonyl (C=O) groups is 1. The maximum Gasteiger partial charge on any atom is 0.300 e. The number of carboxylic acid groups (broad SMARTS) is 1. The molecule has 4 heterocycles. The maximum atomic E-state index is 13.6. The van der Waals surface area contributed by atoms with E-state index in [-0.39, 0.29) is 39.0 Å². The number of carboxylic acids is 1. The van der Waals surface area contributed by atoms with Gasteiger partial charge in [-0.15, -0.1) is 6.10 Å². The fraction of sp³-hybridized carbons (Fsp3) is 0.364. The Morgan fingerprint density at radius 1 is 0.614 bits per heavy atom. The molecule has 0 saturated carbocycles. The molecule has 0 aliphatic rings. The van der Waals surface area contributed by atoms with Crippen LogP contribution >= 0.6 is 0 Å². The minimum Gasteiger partial charge on any atom is -0.850 e. The predicted octanol–water partition coefficient (Wildman–Crippen LogP) is 4.02. The molecule has 0 saturated heterocycles. The molecule has 11 heteroatoms. The van der Waals surface area contributed by atoms with E-state index in [4.69, 9.17) is 9.90 Å². The van der Waals surface area contributed by atoms with Crippen molar-refractivity contribution in [1.29, 1.82) is 0 Å². The van der Waals surface area contributed by atoms with Gasteiger partial charge in [-0.2, -0.15) is 0 Å². The first-order valence-electron chi connectivity index (χ1n) is 14.1. The van der Waals surface area contributed by atoms with Crippen LogP contribution in [0.15, 0.2) is 72.8 Å². The molecule has 9 nitrogen and oxygen atoms in total. The predicted molar refractivity (Wildman–Crippen MR) is 161 cm³/mol. The van der Waals surface area contributed by atoms with Gasteiger partial charge in [0.05, 0.1) is 22.8 Å². The number of aromatic nitrogens is 4. The number of pyridine rings is 4. The van der Waals surface area contributed by atoms with E-state index in [1.54, 1.807) is 0 Å². The van der Waals surface area contributed by atoms with Gasteiger partial charge in [-0.3, -0.25) is 34.5 Å². The molecule has 0 aliphatic carbocycles. The van der Waals surface area contributed by atoms with Crippen LogP contribution in [-0.2, 0) is 69.9 Å². The molecular formula is C33H41N6O3Zn2-. The van der Waals surface area contributed by atoms with Crippen molar-refractivity contribution in [2.45, 2.75) is 66.9 Å². The van der Waals surface area contributed by atoms with Gasteiger partial charge >= 0.3 is 0 Å². The first kappa shape index (κ1) is 39.2. The Kier molecular flexibility index (Phi) is 18.1. The third kappa shape index (κ3) is 15.3. The van der Waals surface area contributed by atoms with Crippen LogP contribution in [0.2, 0.25) is 0 Å². The number of nitrogens with zero attached hydrogens (tertiary/aromatic N) is 6. The van der Waals surface area contributed by atoms with E-state index < -0.39 is 12.1 Å². The summed E-state index contributed by atoms with van der Waals surface area (Å²) >= 11 is 0. The normalized spacial score (nSPS) is 10.6. The first-order chi connectivity index (χ1) is 20.0. The van der Waals surface area contributed by atoms with Crippen molar-refractivity contribution in [3.63, 3.8) is 0 Å². The van der Waals surface area contributed by atoms with Crippen LogP contribution in [0.4, 0.5) is 0 Å². The third-order valence-electron chi connectivity index (χ3n) is 6.25. The van der Waals surface area contributed by atoms with Crippen LogP contribution in [0, 0.1) is 27.7 Å². The van der Waals surface area contributed by atoms with Gasteiger partial charge in [0.1, 0.15) is 0 Å². The minimum atomic E-state index is -0.834. The molecule has 0 bridgehead atoms. The van der Waals surface area contributed by atoms with E-state index in [1.165, 1.54) is 0 Å². The van der Waals surface area contributed by atoms with Gasteiger partial charge in [-0.25, -0.2) is 0 Å². The molecule has 0 unspecified atom stereocenters. The Hall–Kier alpha value is -2.80. The second-order valence-corrected chi connectivity index (χ2v) is 10.6. The fourth-order valence-electron chi connectivity index (χ4n) is 4.67. The van der Waals surface area contributed by atoms with Gasteiger partial charge in [0.2, 0.25) is 0 Å². The molecule has 1 N–H and O–H groups in total. The number of rotatable bonds is 12. The minimum absolute atomic E-state index is 0. The summed E-state index contributed by atoms with van der Waals surface area (Å²) in [5.74, 6) is -0.833. The van der Waals surface area contributed by atoms with Crippen molar-refractivity contribution in [3.05, 3.63) is 118 Å².